The van der Waals surface area contributed by atoms with Gasteiger partial charge in [0.05, 0.1) is 0 Å². The largest absolute Gasteiger partial charge is 0.384 e. The number of anilines is 1. The Morgan fingerprint density at radius 3 is 3.06 bits per heavy atom. The highest BCUT2D eigenvalue weighted by Gasteiger charge is 2.12. The summed E-state index contributed by atoms with van der Waals surface area (Å²) in [5.74, 6) is 0. The topological polar surface area (TPSA) is 24.1 Å². The zero-order valence-corrected chi connectivity index (χ0v) is 10.3. The average molecular weight is 218 g/mol. The minimum absolute atomic E-state index is 0.600. The summed E-state index contributed by atoms with van der Waals surface area (Å²) >= 11 is 0. The first-order valence-corrected chi connectivity index (χ1v) is 6.35. The maximum Gasteiger partial charge on any atom is 0.0376 e. The molecule has 1 heterocycles. The van der Waals surface area contributed by atoms with E-state index < -0.39 is 0 Å². The standard InChI is InChI=1S/C14H22N2/c1-11(2)15-9-4-6-12-5-3-7-14-13(12)8-10-16-14/h3,5,7,11,15-16H,4,6,8-10H2,1-2H3. The van der Waals surface area contributed by atoms with Gasteiger partial charge in [-0.2, -0.15) is 0 Å². The normalized spacial score (nSPS) is 13.9. The Kier molecular flexibility index (Phi) is 3.83. The van der Waals surface area contributed by atoms with Gasteiger partial charge in [-0.3, -0.25) is 0 Å². The van der Waals surface area contributed by atoms with Crippen molar-refractivity contribution in [2.45, 2.75) is 39.2 Å². The molecule has 16 heavy (non-hydrogen) atoms. The van der Waals surface area contributed by atoms with Gasteiger partial charge in [0.2, 0.25) is 0 Å². The molecule has 2 nitrogen and oxygen atoms in total. The molecule has 0 saturated heterocycles. The van der Waals surface area contributed by atoms with Gasteiger partial charge in [-0.15, -0.1) is 0 Å². The zero-order chi connectivity index (χ0) is 11.4. The maximum atomic E-state index is 3.47. The summed E-state index contributed by atoms with van der Waals surface area (Å²) in [6.45, 7) is 6.62. The number of rotatable bonds is 5. The van der Waals surface area contributed by atoms with Crippen LogP contribution in [-0.4, -0.2) is 19.1 Å². The number of aryl methyl sites for hydroxylation is 1. The molecule has 0 unspecified atom stereocenters. The van der Waals surface area contributed by atoms with E-state index in [0.29, 0.717) is 6.04 Å². The van der Waals surface area contributed by atoms with Crippen LogP contribution in [-0.2, 0) is 12.8 Å². The van der Waals surface area contributed by atoms with E-state index in [-0.39, 0.29) is 0 Å². The summed E-state index contributed by atoms with van der Waals surface area (Å²) in [5, 5.41) is 6.90. The lowest BCUT2D eigenvalue weighted by Crippen LogP contribution is -2.24. The number of hydrogen-bond acceptors (Lipinski definition) is 2. The summed E-state index contributed by atoms with van der Waals surface area (Å²) in [6.07, 6.45) is 3.63. The maximum absolute atomic E-state index is 3.47. The molecule has 2 rings (SSSR count). The van der Waals surface area contributed by atoms with E-state index in [2.05, 4.69) is 42.7 Å². The first-order valence-electron chi connectivity index (χ1n) is 6.35. The molecule has 0 aromatic heterocycles. The Morgan fingerprint density at radius 2 is 2.25 bits per heavy atom. The van der Waals surface area contributed by atoms with Crippen molar-refractivity contribution >= 4 is 5.69 Å². The molecule has 1 aliphatic rings. The minimum Gasteiger partial charge on any atom is -0.384 e. The molecule has 0 spiro atoms. The monoisotopic (exact) mass is 218 g/mol. The van der Waals surface area contributed by atoms with Crippen LogP contribution in [0.3, 0.4) is 0 Å². The molecule has 0 amide bonds. The van der Waals surface area contributed by atoms with Crippen molar-refractivity contribution in [2.75, 3.05) is 18.4 Å². The second kappa shape index (κ2) is 5.35. The third-order valence-electron chi connectivity index (χ3n) is 3.14. The van der Waals surface area contributed by atoms with Gasteiger partial charge in [-0.1, -0.05) is 26.0 Å². The molecule has 0 saturated carbocycles. The third-order valence-corrected chi connectivity index (χ3v) is 3.14. The zero-order valence-electron chi connectivity index (χ0n) is 10.3. The van der Waals surface area contributed by atoms with Crippen molar-refractivity contribution in [3.8, 4) is 0 Å². The molecule has 1 aromatic rings. The fourth-order valence-electron chi connectivity index (χ4n) is 2.32. The first kappa shape index (κ1) is 11.5. The molecule has 0 atom stereocenters. The van der Waals surface area contributed by atoms with Crippen LogP contribution in [0.1, 0.15) is 31.4 Å². The van der Waals surface area contributed by atoms with Gasteiger partial charge in [0.1, 0.15) is 0 Å². The Hall–Kier alpha value is -1.02. The van der Waals surface area contributed by atoms with Crippen molar-refractivity contribution in [3.63, 3.8) is 0 Å². The smallest absolute Gasteiger partial charge is 0.0376 e. The van der Waals surface area contributed by atoms with E-state index in [4.69, 9.17) is 0 Å². The Morgan fingerprint density at radius 1 is 1.38 bits per heavy atom. The van der Waals surface area contributed by atoms with Crippen LogP contribution in [0.25, 0.3) is 0 Å². The van der Waals surface area contributed by atoms with Crippen molar-refractivity contribution in [1.82, 2.24) is 5.32 Å². The lowest BCUT2D eigenvalue weighted by Gasteiger charge is -2.10. The highest BCUT2D eigenvalue weighted by molar-refractivity contribution is 5.58. The molecule has 0 fully saturated rings. The molecule has 0 radical (unpaired) electrons. The van der Waals surface area contributed by atoms with Crippen LogP contribution in [0.4, 0.5) is 5.69 Å². The summed E-state index contributed by atoms with van der Waals surface area (Å²) in [5.41, 5.74) is 4.44. The van der Waals surface area contributed by atoms with E-state index in [1.165, 1.54) is 30.5 Å². The summed E-state index contributed by atoms with van der Waals surface area (Å²) < 4.78 is 0. The number of benzene rings is 1. The van der Waals surface area contributed by atoms with Gasteiger partial charge in [0, 0.05) is 18.3 Å². The number of fused-ring (bicyclic) bond motifs is 1. The lowest BCUT2D eigenvalue weighted by molar-refractivity contribution is 0.570. The third kappa shape index (κ3) is 2.76. The molecule has 1 aromatic carbocycles. The molecule has 0 aliphatic carbocycles. The molecular formula is C14H22N2. The Balaban J connectivity index is 1.88. The van der Waals surface area contributed by atoms with Crippen molar-refractivity contribution in [2.24, 2.45) is 0 Å². The quantitative estimate of drug-likeness (QED) is 0.742. The van der Waals surface area contributed by atoms with Crippen LogP contribution >= 0.6 is 0 Å². The molecule has 0 bridgehead atoms. The molecule has 88 valence electrons. The lowest BCUT2D eigenvalue weighted by atomic mass is 10.0. The molecule has 2 N–H and O–H groups in total. The predicted octanol–water partition coefficient (Wildman–Crippen LogP) is 2.59. The van der Waals surface area contributed by atoms with E-state index in [1.807, 2.05) is 0 Å². The van der Waals surface area contributed by atoms with Crippen LogP contribution in [0, 0.1) is 0 Å². The predicted molar refractivity (Wildman–Crippen MR) is 70.1 cm³/mol. The summed E-state index contributed by atoms with van der Waals surface area (Å²) in [7, 11) is 0. The molecule has 2 heteroatoms. The average Bonchev–Trinajstić information content (AvgIpc) is 2.72. The molecule has 1 aliphatic heterocycles. The van der Waals surface area contributed by atoms with Gasteiger partial charge in [0.25, 0.3) is 0 Å². The Bertz CT molecular complexity index is 345. The highest BCUT2D eigenvalue weighted by atomic mass is 14.9. The summed E-state index contributed by atoms with van der Waals surface area (Å²) in [6, 6.07) is 7.24. The van der Waals surface area contributed by atoms with Crippen LogP contribution in [0.2, 0.25) is 0 Å². The fourth-order valence-corrected chi connectivity index (χ4v) is 2.32. The van der Waals surface area contributed by atoms with Gasteiger partial charge in [0.15, 0.2) is 0 Å². The van der Waals surface area contributed by atoms with Crippen LogP contribution in [0.15, 0.2) is 18.2 Å². The van der Waals surface area contributed by atoms with Crippen molar-refractivity contribution in [3.05, 3.63) is 29.3 Å². The van der Waals surface area contributed by atoms with E-state index in [9.17, 15) is 0 Å². The van der Waals surface area contributed by atoms with Crippen LogP contribution < -0.4 is 10.6 Å². The summed E-state index contributed by atoms with van der Waals surface area (Å²) in [4.78, 5) is 0. The second-order valence-corrected chi connectivity index (χ2v) is 4.83. The second-order valence-electron chi connectivity index (χ2n) is 4.83. The SMILES string of the molecule is CC(C)NCCCc1cccc2c1CCN2. The van der Waals surface area contributed by atoms with Crippen LogP contribution in [0.5, 0.6) is 0 Å². The minimum atomic E-state index is 0.600. The first-order chi connectivity index (χ1) is 7.77. The van der Waals surface area contributed by atoms with E-state index in [1.54, 1.807) is 5.56 Å². The number of nitrogens with one attached hydrogen (secondary N) is 2. The molecular weight excluding hydrogens is 196 g/mol. The fraction of sp³-hybridized carbons (Fsp3) is 0.571. The van der Waals surface area contributed by atoms with E-state index in [0.717, 1.165) is 13.1 Å². The van der Waals surface area contributed by atoms with Gasteiger partial charge < -0.3 is 10.6 Å². The van der Waals surface area contributed by atoms with Gasteiger partial charge in [-0.05, 0) is 43.0 Å². The van der Waals surface area contributed by atoms with Crippen molar-refractivity contribution < 1.29 is 0 Å². The Labute approximate surface area is 98.4 Å². The highest BCUT2D eigenvalue weighted by Crippen LogP contribution is 2.26. The van der Waals surface area contributed by atoms with E-state index >= 15 is 0 Å². The van der Waals surface area contributed by atoms with Gasteiger partial charge in [-0.25, -0.2) is 0 Å². The number of hydrogen-bond donors (Lipinski definition) is 2. The van der Waals surface area contributed by atoms with Gasteiger partial charge >= 0.3 is 0 Å². The van der Waals surface area contributed by atoms with Crippen molar-refractivity contribution in [1.29, 1.82) is 0 Å².